The van der Waals surface area contributed by atoms with Crippen LogP contribution >= 0.6 is 0 Å². The number of nitrogens with one attached hydrogen (secondary N) is 1. The largest absolute Gasteiger partial charge is 0.318 e. The van der Waals surface area contributed by atoms with Gasteiger partial charge in [0.15, 0.2) is 0 Å². The highest BCUT2D eigenvalue weighted by molar-refractivity contribution is 5.94. The average Bonchev–Trinajstić information content (AvgIpc) is 2.96. The number of benzene rings is 1. The van der Waals surface area contributed by atoms with E-state index in [0.717, 1.165) is 29.1 Å². The summed E-state index contributed by atoms with van der Waals surface area (Å²) < 4.78 is 2.19. The highest BCUT2D eigenvalue weighted by atomic mass is 16.2. The van der Waals surface area contributed by atoms with E-state index in [4.69, 9.17) is 0 Å². The first-order chi connectivity index (χ1) is 12.6. The molecule has 2 aromatic heterocycles. The van der Waals surface area contributed by atoms with Crippen molar-refractivity contribution in [2.45, 2.75) is 27.2 Å². The van der Waals surface area contributed by atoms with Gasteiger partial charge >= 0.3 is 0 Å². The first-order valence-corrected chi connectivity index (χ1v) is 8.62. The molecule has 0 saturated heterocycles. The molecule has 3 rings (SSSR count). The number of nitrogens with zero attached hydrogens (tertiary/aromatic N) is 3. The maximum atomic E-state index is 12.0. The lowest BCUT2D eigenvalue weighted by Crippen LogP contribution is -2.17. The van der Waals surface area contributed by atoms with Crippen molar-refractivity contribution in [3.05, 3.63) is 82.9 Å². The van der Waals surface area contributed by atoms with Gasteiger partial charge in [0.25, 0.3) is 5.91 Å². The number of carbonyl (C=O) groups excluding carboxylic acids is 1. The van der Waals surface area contributed by atoms with E-state index in [1.807, 2.05) is 6.92 Å². The molecule has 5 nitrogen and oxygen atoms in total. The Morgan fingerprint density at radius 3 is 2.50 bits per heavy atom. The molecule has 0 unspecified atom stereocenters. The minimum absolute atomic E-state index is 0.257. The average molecular weight is 346 g/mol. The van der Waals surface area contributed by atoms with Crippen LogP contribution in [0, 0.1) is 13.8 Å². The van der Waals surface area contributed by atoms with Gasteiger partial charge in [0, 0.05) is 40.6 Å². The van der Waals surface area contributed by atoms with E-state index in [1.165, 1.54) is 5.56 Å². The molecule has 1 N–H and O–H groups in total. The van der Waals surface area contributed by atoms with Gasteiger partial charge in [0.2, 0.25) is 0 Å². The minimum Gasteiger partial charge on any atom is -0.318 e. The van der Waals surface area contributed by atoms with Gasteiger partial charge < -0.3 is 4.57 Å². The second-order valence-electron chi connectivity index (χ2n) is 6.12. The molecule has 5 heteroatoms. The second kappa shape index (κ2) is 7.78. The molecule has 0 aliphatic carbocycles. The summed E-state index contributed by atoms with van der Waals surface area (Å²) in [4.78, 5) is 15.9. The monoisotopic (exact) mass is 346 g/mol. The zero-order valence-corrected chi connectivity index (χ0v) is 15.2. The Labute approximate surface area is 153 Å². The molecule has 0 atom stereocenters. The standard InChI is InChI=1S/C21H22N4O/c1-4-17-5-7-20(8-6-17)25-15(2)13-19(16(25)3)14-23-24-21(26)18-9-11-22-12-10-18/h5-14H,4H2,1-3H3,(H,24,26)/b23-14-. The Morgan fingerprint density at radius 2 is 1.85 bits per heavy atom. The van der Waals surface area contributed by atoms with Gasteiger partial charge in [-0.05, 0) is 56.2 Å². The van der Waals surface area contributed by atoms with Crippen molar-refractivity contribution >= 4 is 12.1 Å². The summed E-state index contributed by atoms with van der Waals surface area (Å²) in [6, 6.07) is 13.9. The van der Waals surface area contributed by atoms with Gasteiger partial charge in [0.05, 0.1) is 6.21 Å². The smallest absolute Gasteiger partial charge is 0.271 e. The van der Waals surface area contributed by atoms with Crippen LogP contribution in [0.1, 0.15) is 39.8 Å². The summed E-state index contributed by atoms with van der Waals surface area (Å²) in [6.45, 7) is 6.26. The fraction of sp³-hybridized carbons (Fsp3) is 0.190. The number of rotatable bonds is 5. The maximum absolute atomic E-state index is 12.0. The fourth-order valence-corrected chi connectivity index (χ4v) is 2.92. The van der Waals surface area contributed by atoms with Crippen LogP contribution in [0.5, 0.6) is 0 Å². The van der Waals surface area contributed by atoms with E-state index < -0.39 is 0 Å². The number of carbonyl (C=O) groups is 1. The molecule has 0 bridgehead atoms. The zero-order valence-electron chi connectivity index (χ0n) is 15.2. The van der Waals surface area contributed by atoms with E-state index in [0.29, 0.717) is 5.56 Å². The molecule has 0 spiro atoms. The minimum atomic E-state index is -0.257. The van der Waals surface area contributed by atoms with Crippen molar-refractivity contribution in [2.24, 2.45) is 5.10 Å². The van der Waals surface area contributed by atoms with E-state index in [9.17, 15) is 4.79 Å². The quantitative estimate of drug-likeness (QED) is 0.564. The fourth-order valence-electron chi connectivity index (χ4n) is 2.92. The summed E-state index contributed by atoms with van der Waals surface area (Å²) in [5.74, 6) is -0.257. The van der Waals surface area contributed by atoms with Crippen molar-refractivity contribution in [1.29, 1.82) is 0 Å². The van der Waals surface area contributed by atoms with E-state index in [1.54, 1.807) is 30.7 Å². The van der Waals surface area contributed by atoms with Gasteiger partial charge in [-0.3, -0.25) is 9.78 Å². The number of amides is 1. The molecule has 3 aromatic rings. The third-order valence-electron chi connectivity index (χ3n) is 4.39. The van der Waals surface area contributed by atoms with Gasteiger partial charge in [-0.15, -0.1) is 0 Å². The van der Waals surface area contributed by atoms with Crippen LogP contribution in [0.25, 0.3) is 5.69 Å². The van der Waals surface area contributed by atoms with Crippen LogP contribution in [-0.2, 0) is 6.42 Å². The molecule has 1 amide bonds. The van der Waals surface area contributed by atoms with Crippen molar-refractivity contribution in [3.63, 3.8) is 0 Å². The SMILES string of the molecule is CCc1ccc(-n2c(C)cc(/C=N\NC(=O)c3ccncc3)c2C)cc1. The lowest BCUT2D eigenvalue weighted by molar-refractivity contribution is 0.0955. The summed E-state index contributed by atoms with van der Waals surface area (Å²) in [5.41, 5.74) is 8.68. The van der Waals surface area contributed by atoms with Gasteiger partial charge in [0.1, 0.15) is 0 Å². The second-order valence-corrected chi connectivity index (χ2v) is 6.12. The van der Waals surface area contributed by atoms with Gasteiger partial charge in [-0.1, -0.05) is 19.1 Å². The van der Waals surface area contributed by atoms with Crippen molar-refractivity contribution in [3.8, 4) is 5.69 Å². The molecule has 132 valence electrons. The predicted octanol–water partition coefficient (Wildman–Crippen LogP) is 3.82. The summed E-state index contributed by atoms with van der Waals surface area (Å²) in [5, 5.41) is 4.10. The molecule has 2 heterocycles. The van der Waals surface area contributed by atoms with Crippen LogP contribution in [0.4, 0.5) is 0 Å². The molecule has 0 saturated carbocycles. The van der Waals surface area contributed by atoms with Gasteiger partial charge in [-0.25, -0.2) is 5.43 Å². The Balaban J connectivity index is 1.78. The third kappa shape index (κ3) is 3.72. The number of aryl methyl sites for hydroxylation is 2. The highest BCUT2D eigenvalue weighted by Crippen LogP contribution is 2.20. The normalized spacial score (nSPS) is 11.0. The first-order valence-electron chi connectivity index (χ1n) is 8.62. The Morgan fingerprint density at radius 1 is 1.15 bits per heavy atom. The Kier molecular flexibility index (Phi) is 5.27. The predicted molar refractivity (Wildman–Crippen MR) is 104 cm³/mol. The third-order valence-corrected chi connectivity index (χ3v) is 4.39. The zero-order chi connectivity index (χ0) is 18.5. The first kappa shape index (κ1) is 17.6. The number of aromatic nitrogens is 2. The summed E-state index contributed by atoms with van der Waals surface area (Å²) in [7, 11) is 0. The maximum Gasteiger partial charge on any atom is 0.271 e. The van der Waals surface area contributed by atoms with Gasteiger partial charge in [-0.2, -0.15) is 5.10 Å². The Hall–Kier alpha value is -3.21. The van der Waals surface area contributed by atoms with Crippen LogP contribution in [0.15, 0.2) is 60.0 Å². The van der Waals surface area contributed by atoms with Crippen LogP contribution in [-0.4, -0.2) is 21.7 Å². The van der Waals surface area contributed by atoms with E-state index in [-0.39, 0.29) is 5.91 Å². The lowest BCUT2D eigenvalue weighted by atomic mass is 10.1. The molecular weight excluding hydrogens is 324 g/mol. The molecule has 1 aromatic carbocycles. The lowest BCUT2D eigenvalue weighted by Gasteiger charge is -2.10. The highest BCUT2D eigenvalue weighted by Gasteiger charge is 2.09. The topological polar surface area (TPSA) is 59.3 Å². The van der Waals surface area contributed by atoms with Crippen molar-refractivity contribution in [2.75, 3.05) is 0 Å². The molecule has 26 heavy (non-hydrogen) atoms. The van der Waals surface area contributed by atoms with Crippen LogP contribution in [0.3, 0.4) is 0 Å². The molecule has 0 radical (unpaired) electrons. The van der Waals surface area contributed by atoms with Crippen molar-refractivity contribution in [1.82, 2.24) is 15.0 Å². The summed E-state index contributed by atoms with van der Waals surface area (Å²) >= 11 is 0. The van der Waals surface area contributed by atoms with E-state index >= 15 is 0 Å². The summed E-state index contributed by atoms with van der Waals surface area (Å²) in [6.07, 6.45) is 5.86. The van der Waals surface area contributed by atoms with Crippen molar-refractivity contribution < 1.29 is 4.79 Å². The number of pyridine rings is 1. The van der Waals surface area contributed by atoms with Crippen LogP contribution < -0.4 is 5.43 Å². The Bertz CT molecular complexity index is 925. The van der Waals surface area contributed by atoms with Crippen LogP contribution in [0.2, 0.25) is 0 Å². The van der Waals surface area contributed by atoms with E-state index in [2.05, 4.69) is 64.3 Å². The molecular formula is C21H22N4O. The number of hydrogen-bond acceptors (Lipinski definition) is 3. The molecule has 0 aliphatic rings. The number of hydrazone groups is 1. The molecule has 0 fully saturated rings. The molecule has 0 aliphatic heterocycles. The number of hydrogen-bond donors (Lipinski definition) is 1.